The van der Waals surface area contributed by atoms with Gasteiger partial charge in [0, 0.05) is 6.04 Å². The fraction of sp³-hybridized carbons (Fsp3) is 1.00. The van der Waals surface area contributed by atoms with E-state index in [2.05, 4.69) is 6.92 Å². The minimum atomic E-state index is 0.548. The predicted octanol–water partition coefficient (Wildman–Crippen LogP) is 1.91. The maximum absolute atomic E-state index is 5.64. The SMILES string of the molecule is CCCC[C@H]1C[C@H](N)C1. The summed E-state index contributed by atoms with van der Waals surface area (Å²) in [5.74, 6) is 0.986. The first-order valence-electron chi connectivity index (χ1n) is 4.08. The first-order chi connectivity index (χ1) is 4.33. The van der Waals surface area contributed by atoms with Gasteiger partial charge in [-0.2, -0.15) is 0 Å². The number of unbranched alkanes of at least 4 members (excludes halogenated alkanes) is 1. The van der Waals surface area contributed by atoms with Crippen molar-refractivity contribution >= 4 is 0 Å². The molecule has 0 heterocycles. The molecular weight excluding hydrogens is 110 g/mol. The second-order valence-corrected chi connectivity index (χ2v) is 3.24. The molecule has 0 atom stereocenters. The first-order valence-corrected chi connectivity index (χ1v) is 4.08. The highest BCUT2D eigenvalue weighted by Crippen LogP contribution is 2.29. The van der Waals surface area contributed by atoms with Crippen molar-refractivity contribution in [3.63, 3.8) is 0 Å². The topological polar surface area (TPSA) is 26.0 Å². The van der Waals surface area contributed by atoms with Gasteiger partial charge >= 0.3 is 0 Å². The molecule has 0 saturated heterocycles. The maximum atomic E-state index is 5.64. The van der Waals surface area contributed by atoms with E-state index in [4.69, 9.17) is 5.73 Å². The van der Waals surface area contributed by atoms with E-state index in [1.807, 2.05) is 0 Å². The van der Waals surface area contributed by atoms with Gasteiger partial charge in [0.15, 0.2) is 0 Å². The van der Waals surface area contributed by atoms with Gasteiger partial charge in [-0.25, -0.2) is 0 Å². The van der Waals surface area contributed by atoms with Gasteiger partial charge in [-0.15, -0.1) is 0 Å². The van der Waals surface area contributed by atoms with Crippen LogP contribution in [0.25, 0.3) is 0 Å². The lowest BCUT2D eigenvalue weighted by Gasteiger charge is -2.32. The van der Waals surface area contributed by atoms with E-state index in [9.17, 15) is 0 Å². The Labute approximate surface area is 57.6 Å². The van der Waals surface area contributed by atoms with Crippen molar-refractivity contribution in [1.29, 1.82) is 0 Å². The van der Waals surface area contributed by atoms with Crippen molar-refractivity contribution in [2.24, 2.45) is 11.7 Å². The molecule has 1 aliphatic carbocycles. The molecular formula is C8H17N. The second-order valence-electron chi connectivity index (χ2n) is 3.24. The molecule has 0 amide bonds. The summed E-state index contributed by atoms with van der Waals surface area (Å²) in [5, 5.41) is 0. The minimum Gasteiger partial charge on any atom is -0.328 e. The molecule has 1 rings (SSSR count). The monoisotopic (exact) mass is 127 g/mol. The van der Waals surface area contributed by atoms with Gasteiger partial charge in [-0.05, 0) is 18.8 Å². The highest BCUT2D eigenvalue weighted by atomic mass is 14.7. The van der Waals surface area contributed by atoms with Gasteiger partial charge < -0.3 is 5.73 Å². The predicted molar refractivity (Wildman–Crippen MR) is 40.2 cm³/mol. The minimum absolute atomic E-state index is 0.548. The van der Waals surface area contributed by atoms with Crippen LogP contribution < -0.4 is 5.73 Å². The summed E-state index contributed by atoms with van der Waals surface area (Å²) in [4.78, 5) is 0. The molecule has 0 unspecified atom stereocenters. The number of hydrogen-bond donors (Lipinski definition) is 1. The Morgan fingerprint density at radius 3 is 2.56 bits per heavy atom. The zero-order chi connectivity index (χ0) is 6.69. The van der Waals surface area contributed by atoms with Crippen LogP contribution in [0.5, 0.6) is 0 Å². The highest BCUT2D eigenvalue weighted by Gasteiger charge is 2.24. The Kier molecular flexibility index (Phi) is 2.52. The van der Waals surface area contributed by atoms with Crippen LogP contribution in [0.4, 0.5) is 0 Å². The van der Waals surface area contributed by atoms with Crippen LogP contribution >= 0.6 is 0 Å². The van der Waals surface area contributed by atoms with E-state index < -0.39 is 0 Å². The molecule has 0 spiro atoms. The maximum Gasteiger partial charge on any atom is 0.00441 e. The molecule has 0 aromatic heterocycles. The Hall–Kier alpha value is -0.0400. The number of nitrogens with two attached hydrogens (primary N) is 1. The van der Waals surface area contributed by atoms with Crippen molar-refractivity contribution in [3.8, 4) is 0 Å². The quantitative estimate of drug-likeness (QED) is 0.615. The van der Waals surface area contributed by atoms with E-state index in [1.54, 1.807) is 0 Å². The summed E-state index contributed by atoms with van der Waals surface area (Å²) in [6.07, 6.45) is 6.74. The summed E-state index contributed by atoms with van der Waals surface area (Å²) >= 11 is 0. The van der Waals surface area contributed by atoms with Crippen molar-refractivity contribution in [2.45, 2.75) is 45.1 Å². The van der Waals surface area contributed by atoms with Gasteiger partial charge in [-0.1, -0.05) is 26.2 Å². The molecule has 2 N–H and O–H groups in total. The molecule has 0 bridgehead atoms. The molecule has 1 saturated carbocycles. The van der Waals surface area contributed by atoms with Gasteiger partial charge in [0.2, 0.25) is 0 Å². The molecule has 1 nitrogen and oxygen atoms in total. The van der Waals surface area contributed by atoms with E-state index in [0.717, 1.165) is 5.92 Å². The zero-order valence-corrected chi connectivity index (χ0v) is 6.27. The molecule has 1 heteroatoms. The molecule has 1 aliphatic rings. The zero-order valence-electron chi connectivity index (χ0n) is 6.27. The summed E-state index contributed by atoms with van der Waals surface area (Å²) in [6.45, 7) is 2.25. The fourth-order valence-electron chi connectivity index (χ4n) is 1.52. The van der Waals surface area contributed by atoms with Crippen molar-refractivity contribution in [1.82, 2.24) is 0 Å². The summed E-state index contributed by atoms with van der Waals surface area (Å²) in [6, 6.07) is 0.548. The molecule has 0 aromatic rings. The third-order valence-electron chi connectivity index (χ3n) is 2.24. The Balaban J connectivity index is 1.91. The van der Waals surface area contributed by atoms with Gasteiger partial charge in [-0.3, -0.25) is 0 Å². The van der Waals surface area contributed by atoms with Crippen LogP contribution in [-0.4, -0.2) is 6.04 Å². The van der Waals surface area contributed by atoms with E-state index in [0.29, 0.717) is 6.04 Å². The van der Waals surface area contributed by atoms with Crippen LogP contribution in [-0.2, 0) is 0 Å². The third-order valence-corrected chi connectivity index (χ3v) is 2.24. The average Bonchev–Trinajstić information content (AvgIpc) is 1.78. The Morgan fingerprint density at radius 1 is 1.44 bits per heavy atom. The smallest absolute Gasteiger partial charge is 0.00441 e. The van der Waals surface area contributed by atoms with Gasteiger partial charge in [0.1, 0.15) is 0 Å². The molecule has 1 fully saturated rings. The highest BCUT2D eigenvalue weighted by molar-refractivity contribution is 4.81. The van der Waals surface area contributed by atoms with Crippen LogP contribution in [0.1, 0.15) is 39.0 Å². The van der Waals surface area contributed by atoms with Crippen molar-refractivity contribution in [3.05, 3.63) is 0 Å². The normalized spacial score (nSPS) is 34.0. The standard InChI is InChI=1S/C8H17N/c1-2-3-4-7-5-8(9)6-7/h7-8H,2-6,9H2,1H3/t7-,8-. The first kappa shape index (κ1) is 7.07. The van der Waals surface area contributed by atoms with Crippen LogP contribution in [0.15, 0.2) is 0 Å². The van der Waals surface area contributed by atoms with Crippen LogP contribution in [0.2, 0.25) is 0 Å². The van der Waals surface area contributed by atoms with E-state index in [-0.39, 0.29) is 0 Å². The summed E-state index contributed by atoms with van der Waals surface area (Å²) in [5.41, 5.74) is 5.64. The fourth-order valence-corrected chi connectivity index (χ4v) is 1.52. The van der Waals surface area contributed by atoms with E-state index >= 15 is 0 Å². The van der Waals surface area contributed by atoms with Gasteiger partial charge in [0.25, 0.3) is 0 Å². The molecule has 0 aliphatic heterocycles. The Morgan fingerprint density at radius 2 is 2.11 bits per heavy atom. The van der Waals surface area contributed by atoms with E-state index in [1.165, 1.54) is 32.1 Å². The van der Waals surface area contributed by atoms with Gasteiger partial charge in [0.05, 0.1) is 0 Å². The summed E-state index contributed by atoms with van der Waals surface area (Å²) in [7, 11) is 0. The Bertz CT molecular complexity index is 74.6. The number of rotatable bonds is 3. The summed E-state index contributed by atoms with van der Waals surface area (Å²) < 4.78 is 0. The van der Waals surface area contributed by atoms with Crippen LogP contribution in [0, 0.1) is 5.92 Å². The molecule has 0 aromatic carbocycles. The lowest BCUT2D eigenvalue weighted by atomic mass is 9.78. The van der Waals surface area contributed by atoms with Crippen molar-refractivity contribution in [2.75, 3.05) is 0 Å². The van der Waals surface area contributed by atoms with Crippen LogP contribution in [0.3, 0.4) is 0 Å². The average molecular weight is 127 g/mol. The van der Waals surface area contributed by atoms with Crippen molar-refractivity contribution < 1.29 is 0 Å². The lowest BCUT2D eigenvalue weighted by Crippen LogP contribution is -2.36. The largest absolute Gasteiger partial charge is 0.328 e. The third kappa shape index (κ3) is 1.98. The second kappa shape index (κ2) is 3.21. The lowest BCUT2D eigenvalue weighted by molar-refractivity contribution is 0.245. The molecule has 9 heavy (non-hydrogen) atoms. The molecule has 0 radical (unpaired) electrons. The molecule has 54 valence electrons. The number of hydrogen-bond acceptors (Lipinski definition) is 1.